The summed E-state index contributed by atoms with van der Waals surface area (Å²) in [5.74, 6) is 0.915. The van der Waals surface area contributed by atoms with Crippen LogP contribution < -0.4 is 4.90 Å². The molecule has 0 saturated carbocycles. The fourth-order valence-corrected chi connectivity index (χ4v) is 3.20. The average Bonchev–Trinajstić information content (AvgIpc) is 2.68. The molecular weight excluding hydrogens is 314 g/mol. The second kappa shape index (κ2) is 6.47. The molecule has 1 aliphatic rings. The van der Waals surface area contributed by atoms with Crippen molar-refractivity contribution >= 4 is 22.6 Å². The fraction of sp³-hybridized carbons (Fsp3) is 0.263. The number of hydrogen-bond donors (Lipinski definition) is 0. The Labute approximate surface area is 146 Å². The van der Waals surface area contributed by atoms with E-state index in [0.29, 0.717) is 18.8 Å². The molecule has 6 nitrogen and oxygen atoms in total. The van der Waals surface area contributed by atoms with E-state index in [4.69, 9.17) is 4.98 Å². The van der Waals surface area contributed by atoms with Crippen molar-refractivity contribution in [3.63, 3.8) is 0 Å². The first-order valence-electron chi connectivity index (χ1n) is 8.39. The summed E-state index contributed by atoms with van der Waals surface area (Å²) in [5.41, 5.74) is 2.63. The van der Waals surface area contributed by atoms with Crippen molar-refractivity contribution in [1.82, 2.24) is 19.9 Å². The van der Waals surface area contributed by atoms with E-state index < -0.39 is 0 Å². The monoisotopic (exact) mass is 333 g/mol. The van der Waals surface area contributed by atoms with Crippen LogP contribution in [0.1, 0.15) is 16.1 Å². The van der Waals surface area contributed by atoms with E-state index in [9.17, 15) is 4.79 Å². The second-order valence-electron chi connectivity index (χ2n) is 6.18. The number of piperazine rings is 1. The molecule has 1 amide bonds. The second-order valence-corrected chi connectivity index (χ2v) is 6.18. The van der Waals surface area contributed by atoms with Gasteiger partial charge in [-0.1, -0.05) is 18.2 Å². The maximum absolute atomic E-state index is 12.5. The molecule has 0 bridgehead atoms. The number of fused-ring (bicyclic) bond motifs is 1. The van der Waals surface area contributed by atoms with Crippen LogP contribution in [0.3, 0.4) is 0 Å². The molecule has 0 atom stereocenters. The quantitative estimate of drug-likeness (QED) is 0.720. The first kappa shape index (κ1) is 15.5. The van der Waals surface area contributed by atoms with Crippen LogP contribution >= 0.6 is 0 Å². The number of pyridine rings is 1. The van der Waals surface area contributed by atoms with E-state index in [1.165, 1.54) is 17.1 Å². The molecule has 1 aliphatic heterocycles. The molecule has 0 unspecified atom stereocenters. The van der Waals surface area contributed by atoms with Gasteiger partial charge in [0.2, 0.25) is 0 Å². The maximum atomic E-state index is 12.5. The molecule has 1 saturated heterocycles. The largest absolute Gasteiger partial charge is 0.353 e. The standard InChI is InChI=1S/C19H19N5O/c1-14-12-18(22-16-5-3-2-4-15(14)16)23-8-10-24(11-9-23)19(25)17-13-20-6-7-21-17/h2-7,12-13H,8-11H2,1H3. The van der Waals surface area contributed by atoms with E-state index in [0.717, 1.165) is 24.4 Å². The number of para-hydroxylation sites is 1. The third-order valence-corrected chi connectivity index (χ3v) is 4.58. The number of aromatic nitrogens is 3. The van der Waals surface area contributed by atoms with E-state index in [1.807, 2.05) is 23.1 Å². The highest BCUT2D eigenvalue weighted by atomic mass is 16.2. The maximum Gasteiger partial charge on any atom is 0.274 e. The lowest BCUT2D eigenvalue weighted by Gasteiger charge is -2.35. The highest BCUT2D eigenvalue weighted by Gasteiger charge is 2.24. The van der Waals surface area contributed by atoms with Gasteiger partial charge in [0.05, 0.1) is 11.7 Å². The van der Waals surface area contributed by atoms with Gasteiger partial charge >= 0.3 is 0 Å². The van der Waals surface area contributed by atoms with Crippen molar-refractivity contribution in [1.29, 1.82) is 0 Å². The number of carbonyl (C=O) groups is 1. The number of anilines is 1. The van der Waals surface area contributed by atoms with Crippen LogP contribution in [0.2, 0.25) is 0 Å². The van der Waals surface area contributed by atoms with Gasteiger partial charge in [0.1, 0.15) is 11.5 Å². The number of hydrogen-bond acceptors (Lipinski definition) is 5. The molecule has 1 aromatic carbocycles. The van der Waals surface area contributed by atoms with Gasteiger partial charge in [0, 0.05) is 44.0 Å². The Morgan fingerprint density at radius 2 is 1.88 bits per heavy atom. The van der Waals surface area contributed by atoms with Crippen molar-refractivity contribution in [2.75, 3.05) is 31.1 Å². The van der Waals surface area contributed by atoms with Gasteiger partial charge in [0.15, 0.2) is 0 Å². The van der Waals surface area contributed by atoms with Gasteiger partial charge in [0.25, 0.3) is 5.91 Å². The molecule has 0 N–H and O–H groups in total. The van der Waals surface area contributed by atoms with Crippen molar-refractivity contribution in [3.05, 3.63) is 60.2 Å². The van der Waals surface area contributed by atoms with Crippen molar-refractivity contribution in [2.45, 2.75) is 6.92 Å². The van der Waals surface area contributed by atoms with Crippen molar-refractivity contribution in [3.8, 4) is 0 Å². The van der Waals surface area contributed by atoms with Gasteiger partial charge < -0.3 is 9.80 Å². The Morgan fingerprint density at radius 1 is 1.08 bits per heavy atom. The Kier molecular flexibility index (Phi) is 4.01. The number of rotatable bonds is 2. The molecule has 2 aromatic heterocycles. The lowest BCUT2D eigenvalue weighted by atomic mass is 10.1. The number of aryl methyl sites for hydroxylation is 1. The van der Waals surface area contributed by atoms with Gasteiger partial charge in [-0.15, -0.1) is 0 Å². The summed E-state index contributed by atoms with van der Waals surface area (Å²) in [4.78, 5) is 29.4. The summed E-state index contributed by atoms with van der Waals surface area (Å²) >= 11 is 0. The Balaban J connectivity index is 1.50. The molecule has 4 rings (SSSR count). The lowest BCUT2D eigenvalue weighted by Crippen LogP contribution is -2.49. The Hall–Kier alpha value is -3.02. The van der Waals surface area contributed by atoms with E-state index in [-0.39, 0.29) is 5.91 Å². The molecule has 1 fully saturated rings. The van der Waals surface area contributed by atoms with Crippen LogP contribution in [0.5, 0.6) is 0 Å². The lowest BCUT2D eigenvalue weighted by molar-refractivity contribution is 0.0740. The molecule has 3 heterocycles. The van der Waals surface area contributed by atoms with Crippen LogP contribution in [0.15, 0.2) is 48.9 Å². The number of benzene rings is 1. The SMILES string of the molecule is Cc1cc(N2CCN(C(=O)c3cnccn3)CC2)nc2ccccc12. The van der Waals surface area contributed by atoms with Crippen LogP contribution in [-0.4, -0.2) is 51.9 Å². The van der Waals surface area contributed by atoms with Crippen molar-refractivity contribution < 1.29 is 4.79 Å². The normalized spacial score (nSPS) is 14.8. The smallest absolute Gasteiger partial charge is 0.274 e. The topological polar surface area (TPSA) is 62.2 Å². The highest BCUT2D eigenvalue weighted by Crippen LogP contribution is 2.23. The predicted molar refractivity (Wildman–Crippen MR) is 96.6 cm³/mol. The summed E-state index contributed by atoms with van der Waals surface area (Å²) in [6, 6.07) is 10.3. The van der Waals surface area contributed by atoms with Gasteiger partial charge in [-0.25, -0.2) is 9.97 Å². The third-order valence-electron chi connectivity index (χ3n) is 4.58. The van der Waals surface area contributed by atoms with E-state index in [1.54, 1.807) is 12.4 Å². The molecular formula is C19H19N5O. The summed E-state index contributed by atoms with van der Waals surface area (Å²) < 4.78 is 0. The van der Waals surface area contributed by atoms with Gasteiger partial charge in [-0.3, -0.25) is 9.78 Å². The van der Waals surface area contributed by atoms with E-state index >= 15 is 0 Å². The zero-order valence-electron chi connectivity index (χ0n) is 14.1. The molecule has 25 heavy (non-hydrogen) atoms. The summed E-state index contributed by atoms with van der Waals surface area (Å²) in [6.45, 7) is 4.95. The van der Waals surface area contributed by atoms with Gasteiger partial charge in [-0.2, -0.15) is 0 Å². The minimum Gasteiger partial charge on any atom is -0.353 e. The van der Waals surface area contributed by atoms with Crippen molar-refractivity contribution in [2.24, 2.45) is 0 Å². The molecule has 6 heteroatoms. The molecule has 126 valence electrons. The first-order valence-corrected chi connectivity index (χ1v) is 8.39. The molecule has 0 aliphatic carbocycles. The Morgan fingerprint density at radius 3 is 2.64 bits per heavy atom. The predicted octanol–water partition coefficient (Wildman–Crippen LogP) is 2.30. The summed E-state index contributed by atoms with van der Waals surface area (Å²) in [7, 11) is 0. The van der Waals surface area contributed by atoms with Crippen LogP contribution in [-0.2, 0) is 0 Å². The number of carbonyl (C=O) groups excluding carboxylic acids is 1. The molecule has 0 spiro atoms. The number of amides is 1. The number of nitrogens with zero attached hydrogens (tertiary/aromatic N) is 5. The minimum atomic E-state index is -0.0598. The van der Waals surface area contributed by atoms with E-state index in [2.05, 4.69) is 33.9 Å². The third kappa shape index (κ3) is 3.03. The fourth-order valence-electron chi connectivity index (χ4n) is 3.20. The van der Waals surface area contributed by atoms with Crippen LogP contribution in [0, 0.1) is 6.92 Å². The summed E-state index contributed by atoms with van der Waals surface area (Å²) in [5, 5.41) is 1.18. The zero-order chi connectivity index (χ0) is 17.2. The Bertz CT molecular complexity index is 904. The highest BCUT2D eigenvalue weighted by molar-refractivity contribution is 5.92. The van der Waals surface area contributed by atoms with Crippen LogP contribution in [0.25, 0.3) is 10.9 Å². The molecule has 3 aromatic rings. The average molecular weight is 333 g/mol. The minimum absolute atomic E-state index is 0.0598. The zero-order valence-corrected chi connectivity index (χ0v) is 14.1. The van der Waals surface area contributed by atoms with Gasteiger partial charge in [-0.05, 0) is 24.6 Å². The summed E-state index contributed by atoms with van der Waals surface area (Å²) in [6.07, 6.45) is 4.64. The molecule has 0 radical (unpaired) electrons. The van der Waals surface area contributed by atoms with Crippen LogP contribution in [0.4, 0.5) is 5.82 Å². The first-order chi connectivity index (χ1) is 12.2.